The summed E-state index contributed by atoms with van der Waals surface area (Å²) in [7, 11) is 0. The van der Waals surface area contributed by atoms with Gasteiger partial charge in [-0.25, -0.2) is 15.0 Å². The van der Waals surface area contributed by atoms with E-state index in [4.69, 9.17) is 4.42 Å². The number of oxazole rings is 1. The Hall–Kier alpha value is -2.77. The summed E-state index contributed by atoms with van der Waals surface area (Å²) in [6, 6.07) is 1.56. The van der Waals surface area contributed by atoms with Crippen molar-refractivity contribution in [2.24, 2.45) is 0 Å². The number of rotatable bonds is 4. The molecule has 0 spiro atoms. The number of hydrogen-bond donors (Lipinski definition) is 1. The highest BCUT2D eigenvalue weighted by Gasteiger charge is 2.33. The maximum Gasteiger partial charge on any atom is 0.276 e. The summed E-state index contributed by atoms with van der Waals surface area (Å²) in [5.74, 6) is 0.756. The van der Waals surface area contributed by atoms with Gasteiger partial charge in [-0.1, -0.05) is 0 Å². The van der Waals surface area contributed by atoms with Gasteiger partial charge >= 0.3 is 0 Å². The van der Waals surface area contributed by atoms with Crippen LogP contribution in [0.2, 0.25) is 0 Å². The van der Waals surface area contributed by atoms with Crippen molar-refractivity contribution in [3.8, 4) is 0 Å². The summed E-state index contributed by atoms with van der Waals surface area (Å²) in [6.45, 7) is 4.13. The summed E-state index contributed by atoms with van der Waals surface area (Å²) in [4.78, 5) is 38.3. The van der Waals surface area contributed by atoms with Crippen molar-refractivity contribution in [1.82, 2.24) is 25.2 Å². The first-order valence-electron chi connectivity index (χ1n) is 7.84. The van der Waals surface area contributed by atoms with Gasteiger partial charge in [-0.15, -0.1) is 0 Å². The van der Waals surface area contributed by atoms with E-state index in [9.17, 15) is 9.59 Å². The Labute approximate surface area is 139 Å². The number of aromatic nitrogens is 3. The van der Waals surface area contributed by atoms with Crippen LogP contribution in [0.3, 0.4) is 0 Å². The van der Waals surface area contributed by atoms with Gasteiger partial charge in [-0.05, 0) is 18.9 Å². The van der Waals surface area contributed by atoms with Crippen LogP contribution in [0.25, 0.3) is 0 Å². The molecule has 126 valence electrons. The number of nitrogens with zero attached hydrogens (tertiary/aromatic N) is 4. The number of likely N-dealkylation sites (tertiary alicyclic amines) is 1. The minimum atomic E-state index is -0.188. The van der Waals surface area contributed by atoms with Crippen LogP contribution in [0.4, 0.5) is 0 Å². The van der Waals surface area contributed by atoms with Crippen molar-refractivity contribution in [3.05, 3.63) is 41.6 Å². The van der Waals surface area contributed by atoms with E-state index < -0.39 is 0 Å². The van der Waals surface area contributed by atoms with Gasteiger partial charge in [0.25, 0.3) is 5.91 Å². The first kappa shape index (κ1) is 16.1. The lowest BCUT2D eigenvalue weighted by Gasteiger charge is -2.22. The van der Waals surface area contributed by atoms with Crippen LogP contribution in [0.5, 0.6) is 0 Å². The van der Waals surface area contributed by atoms with Crippen LogP contribution in [-0.2, 0) is 11.3 Å². The summed E-state index contributed by atoms with van der Waals surface area (Å²) in [5, 5.41) is 2.71. The summed E-state index contributed by atoms with van der Waals surface area (Å²) in [6.07, 6.45) is 4.71. The largest absolute Gasteiger partial charge is 0.448 e. The second-order valence-electron chi connectivity index (χ2n) is 5.72. The van der Waals surface area contributed by atoms with Gasteiger partial charge in [0.15, 0.2) is 17.4 Å². The number of carbonyl (C=O) groups is 2. The Morgan fingerprint density at radius 3 is 2.96 bits per heavy atom. The third-order valence-electron chi connectivity index (χ3n) is 3.90. The third kappa shape index (κ3) is 3.42. The number of aryl methyl sites for hydroxylation is 1. The van der Waals surface area contributed by atoms with Gasteiger partial charge < -0.3 is 14.6 Å². The highest BCUT2D eigenvalue weighted by molar-refractivity contribution is 5.92. The molecule has 1 atom stereocenters. The second-order valence-corrected chi connectivity index (χ2v) is 5.72. The topological polar surface area (TPSA) is 101 Å². The van der Waals surface area contributed by atoms with E-state index in [0.29, 0.717) is 36.2 Å². The fourth-order valence-electron chi connectivity index (χ4n) is 2.77. The van der Waals surface area contributed by atoms with Gasteiger partial charge in [-0.2, -0.15) is 0 Å². The minimum Gasteiger partial charge on any atom is -0.448 e. The van der Waals surface area contributed by atoms with Crippen molar-refractivity contribution in [1.29, 1.82) is 0 Å². The van der Waals surface area contributed by atoms with Crippen molar-refractivity contribution in [3.63, 3.8) is 0 Å². The second kappa shape index (κ2) is 6.77. The lowest BCUT2D eigenvalue weighted by atomic mass is 10.2. The highest BCUT2D eigenvalue weighted by Crippen LogP contribution is 2.31. The molecule has 0 radical (unpaired) electrons. The fraction of sp³-hybridized carbons (Fsp3) is 0.438. The zero-order chi connectivity index (χ0) is 17.1. The van der Waals surface area contributed by atoms with Crippen LogP contribution < -0.4 is 5.32 Å². The average molecular weight is 329 g/mol. The third-order valence-corrected chi connectivity index (χ3v) is 3.90. The predicted molar refractivity (Wildman–Crippen MR) is 83.8 cm³/mol. The van der Waals surface area contributed by atoms with Crippen LogP contribution >= 0.6 is 0 Å². The van der Waals surface area contributed by atoms with E-state index in [1.54, 1.807) is 24.1 Å². The molecule has 0 aliphatic carbocycles. The molecule has 1 aliphatic rings. The lowest BCUT2D eigenvalue weighted by Crippen LogP contribution is -2.32. The zero-order valence-electron chi connectivity index (χ0n) is 13.7. The van der Waals surface area contributed by atoms with E-state index in [2.05, 4.69) is 20.3 Å². The molecule has 1 aliphatic heterocycles. The molecule has 0 saturated carbocycles. The molecule has 8 nitrogen and oxygen atoms in total. The summed E-state index contributed by atoms with van der Waals surface area (Å²) >= 11 is 0. The number of amides is 2. The maximum atomic E-state index is 12.6. The van der Waals surface area contributed by atoms with Gasteiger partial charge in [0, 0.05) is 26.6 Å². The Balaban J connectivity index is 1.79. The number of hydrogen-bond acceptors (Lipinski definition) is 6. The zero-order valence-corrected chi connectivity index (χ0v) is 13.7. The number of nitrogens with one attached hydrogen (secondary N) is 1. The quantitative estimate of drug-likeness (QED) is 0.909. The molecule has 3 rings (SSSR count). The number of carbonyl (C=O) groups excluding carboxylic acids is 2. The first-order valence-corrected chi connectivity index (χ1v) is 7.84. The van der Waals surface area contributed by atoms with Crippen molar-refractivity contribution >= 4 is 11.8 Å². The Morgan fingerprint density at radius 2 is 2.25 bits per heavy atom. The summed E-state index contributed by atoms with van der Waals surface area (Å²) < 4.78 is 5.13. The molecule has 24 heavy (non-hydrogen) atoms. The van der Waals surface area contributed by atoms with Crippen LogP contribution in [0, 0.1) is 6.92 Å². The standard InChI is InChI=1S/C16H19N5O3/c1-10(22)18-8-12-5-6-17-15(20-12)14-4-3-7-21(14)16(23)13-9-24-11(2)19-13/h5-6,9,14H,3-4,7-8H2,1-2H3,(H,18,22)/t14-/m0/s1. The molecule has 1 N–H and O–H groups in total. The van der Waals surface area contributed by atoms with Gasteiger partial charge in [0.2, 0.25) is 5.91 Å². The molecular weight excluding hydrogens is 310 g/mol. The lowest BCUT2D eigenvalue weighted by molar-refractivity contribution is -0.119. The molecule has 3 heterocycles. The molecule has 8 heteroatoms. The Bertz CT molecular complexity index is 758. The van der Waals surface area contributed by atoms with Crippen LogP contribution in [0.15, 0.2) is 22.9 Å². The molecule has 1 saturated heterocycles. The molecule has 2 aromatic rings. The van der Waals surface area contributed by atoms with Crippen LogP contribution in [-0.4, -0.2) is 38.2 Å². The summed E-state index contributed by atoms with van der Waals surface area (Å²) in [5.41, 5.74) is 1.01. The molecule has 0 unspecified atom stereocenters. The smallest absolute Gasteiger partial charge is 0.276 e. The molecule has 2 amide bonds. The average Bonchev–Trinajstić information content (AvgIpc) is 3.21. The van der Waals surface area contributed by atoms with E-state index in [0.717, 1.165) is 12.8 Å². The van der Waals surface area contributed by atoms with Crippen LogP contribution in [0.1, 0.15) is 53.7 Å². The maximum absolute atomic E-state index is 12.6. The predicted octanol–water partition coefficient (Wildman–Crippen LogP) is 1.39. The minimum absolute atomic E-state index is 0.116. The molecule has 2 aromatic heterocycles. The van der Waals surface area contributed by atoms with Crippen molar-refractivity contribution in [2.45, 2.75) is 39.3 Å². The monoisotopic (exact) mass is 329 g/mol. The van der Waals surface area contributed by atoms with E-state index in [-0.39, 0.29) is 17.9 Å². The van der Waals surface area contributed by atoms with Gasteiger partial charge in [-0.3, -0.25) is 9.59 Å². The fourth-order valence-corrected chi connectivity index (χ4v) is 2.77. The molecule has 1 fully saturated rings. The molecular formula is C16H19N5O3. The van der Waals surface area contributed by atoms with Crippen molar-refractivity contribution < 1.29 is 14.0 Å². The molecule has 0 aromatic carbocycles. The molecule has 0 bridgehead atoms. The highest BCUT2D eigenvalue weighted by atomic mass is 16.3. The van der Waals surface area contributed by atoms with Gasteiger partial charge in [0.1, 0.15) is 6.26 Å². The SMILES string of the molecule is CC(=O)NCc1ccnc([C@@H]2CCCN2C(=O)c2coc(C)n2)n1. The normalized spacial score (nSPS) is 17.1. The van der Waals surface area contributed by atoms with E-state index in [1.807, 2.05) is 0 Å². The van der Waals surface area contributed by atoms with Gasteiger partial charge in [0.05, 0.1) is 18.3 Å². The van der Waals surface area contributed by atoms with E-state index in [1.165, 1.54) is 13.2 Å². The van der Waals surface area contributed by atoms with Crippen molar-refractivity contribution in [2.75, 3.05) is 6.54 Å². The Morgan fingerprint density at radius 1 is 1.42 bits per heavy atom. The first-order chi connectivity index (χ1) is 11.5. The van der Waals surface area contributed by atoms with E-state index >= 15 is 0 Å². The Kier molecular flexibility index (Phi) is 4.54.